The van der Waals surface area contributed by atoms with Crippen LogP contribution in [-0.2, 0) is 4.79 Å². The molecule has 1 heterocycles. The number of anilines is 1. The van der Waals surface area contributed by atoms with Gasteiger partial charge in [-0.05, 0) is 5.56 Å². The van der Waals surface area contributed by atoms with Crippen molar-refractivity contribution < 1.29 is 9.21 Å². The molecule has 4 nitrogen and oxygen atoms in total. The van der Waals surface area contributed by atoms with Crippen LogP contribution in [0.3, 0.4) is 0 Å². The van der Waals surface area contributed by atoms with Gasteiger partial charge in [-0.25, -0.2) is 4.85 Å². The predicted molar refractivity (Wildman–Crippen MR) is 90.1 cm³/mol. The number of hydrogen-bond donors (Lipinski definition) is 1. The summed E-state index contributed by atoms with van der Waals surface area (Å²) in [7, 11) is 0. The molecule has 0 aliphatic rings. The molecule has 1 aromatic heterocycles. The normalized spacial score (nSPS) is 10.1. The summed E-state index contributed by atoms with van der Waals surface area (Å²) in [5.41, 5.74) is 2.73. The van der Waals surface area contributed by atoms with Gasteiger partial charge in [0.25, 0.3) is 5.69 Å². The molecule has 112 valence electrons. The van der Waals surface area contributed by atoms with Gasteiger partial charge in [-0.1, -0.05) is 60.7 Å². The zero-order valence-electron chi connectivity index (χ0n) is 12.5. The first kappa shape index (κ1) is 14.6. The number of nitrogens with one attached hydrogen (secondary N) is 1. The van der Waals surface area contributed by atoms with Gasteiger partial charge in [-0.2, -0.15) is 0 Å². The third-order valence-corrected chi connectivity index (χ3v) is 3.38. The largest absolute Gasteiger partial charge is 0.451 e. The molecular weight excluding hydrogens is 288 g/mol. The van der Waals surface area contributed by atoms with Crippen LogP contribution in [-0.4, -0.2) is 5.91 Å². The fourth-order valence-electron chi connectivity index (χ4n) is 2.44. The quantitative estimate of drug-likeness (QED) is 0.682. The van der Waals surface area contributed by atoms with Crippen molar-refractivity contribution >= 4 is 17.5 Å². The summed E-state index contributed by atoms with van der Waals surface area (Å²) in [5, 5.41) is 2.61. The molecule has 0 fully saturated rings. The van der Waals surface area contributed by atoms with E-state index in [0.29, 0.717) is 17.0 Å². The highest BCUT2D eigenvalue weighted by Crippen LogP contribution is 2.46. The average molecular weight is 302 g/mol. The lowest BCUT2D eigenvalue weighted by atomic mass is 10.0. The highest BCUT2D eigenvalue weighted by atomic mass is 16.4. The van der Waals surface area contributed by atoms with Crippen molar-refractivity contribution in [2.24, 2.45) is 0 Å². The smallest absolute Gasteiger partial charge is 0.257 e. The Bertz CT molecular complexity index is 875. The second-order valence-electron chi connectivity index (χ2n) is 5.01. The minimum absolute atomic E-state index is 0.185. The number of furan rings is 1. The molecule has 0 unspecified atom stereocenters. The van der Waals surface area contributed by atoms with Crippen LogP contribution in [0, 0.1) is 6.57 Å². The number of hydrogen-bond acceptors (Lipinski definition) is 2. The summed E-state index contributed by atoms with van der Waals surface area (Å²) < 4.78 is 5.84. The molecule has 2 aromatic carbocycles. The van der Waals surface area contributed by atoms with Gasteiger partial charge in [-0.15, -0.1) is 0 Å². The van der Waals surface area contributed by atoms with Crippen LogP contribution in [0.1, 0.15) is 6.92 Å². The van der Waals surface area contributed by atoms with Gasteiger partial charge in [0.1, 0.15) is 5.76 Å². The molecule has 1 N–H and O–H groups in total. The van der Waals surface area contributed by atoms with Crippen molar-refractivity contribution in [1.29, 1.82) is 0 Å². The fourth-order valence-corrected chi connectivity index (χ4v) is 2.44. The first-order valence-electron chi connectivity index (χ1n) is 7.13. The minimum atomic E-state index is -0.275. The summed E-state index contributed by atoms with van der Waals surface area (Å²) in [4.78, 5) is 15.0. The molecule has 0 spiro atoms. The summed E-state index contributed by atoms with van der Waals surface area (Å²) >= 11 is 0. The monoisotopic (exact) mass is 302 g/mol. The van der Waals surface area contributed by atoms with Crippen LogP contribution in [0.25, 0.3) is 27.3 Å². The first-order chi connectivity index (χ1) is 11.2. The maximum atomic E-state index is 11.4. The fraction of sp³-hybridized carbons (Fsp3) is 0.0526. The SMILES string of the molecule is [C-]#[N+]c1c(NC(C)=O)oc(-c2ccccc2)c1-c1ccccc1. The number of carbonyl (C=O) groups is 1. The van der Waals surface area contributed by atoms with Gasteiger partial charge in [-0.3, -0.25) is 4.79 Å². The Morgan fingerprint density at radius 1 is 1.00 bits per heavy atom. The topological polar surface area (TPSA) is 46.6 Å². The Morgan fingerprint density at radius 3 is 2.09 bits per heavy atom. The standard InChI is InChI=1S/C19H14N2O2/c1-13(22)21-19-17(20-2)16(14-9-5-3-6-10-14)18(23-19)15-11-7-4-8-12-15/h3-12H,1H3,(H,21,22). The van der Waals surface area contributed by atoms with E-state index < -0.39 is 0 Å². The van der Waals surface area contributed by atoms with Crippen LogP contribution >= 0.6 is 0 Å². The lowest BCUT2D eigenvalue weighted by molar-refractivity contribution is -0.114. The molecule has 0 radical (unpaired) electrons. The Labute approximate surface area is 134 Å². The van der Waals surface area contributed by atoms with E-state index >= 15 is 0 Å². The van der Waals surface area contributed by atoms with Crippen molar-refractivity contribution in [3.05, 3.63) is 72.1 Å². The molecule has 23 heavy (non-hydrogen) atoms. The van der Waals surface area contributed by atoms with E-state index in [1.807, 2.05) is 60.7 Å². The molecule has 0 saturated heterocycles. The van der Waals surface area contributed by atoms with E-state index in [1.165, 1.54) is 6.92 Å². The molecular formula is C19H14N2O2. The van der Waals surface area contributed by atoms with E-state index in [9.17, 15) is 4.79 Å². The third kappa shape index (κ3) is 2.85. The van der Waals surface area contributed by atoms with E-state index in [0.717, 1.165) is 11.1 Å². The van der Waals surface area contributed by atoms with Gasteiger partial charge in [0, 0.05) is 18.1 Å². The van der Waals surface area contributed by atoms with Crippen molar-refractivity contribution in [1.82, 2.24) is 0 Å². The van der Waals surface area contributed by atoms with Gasteiger partial charge in [0.15, 0.2) is 0 Å². The molecule has 0 aliphatic carbocycles. The Morgan fingerprint density at radius 2 is 1.57 bits per heavy atom. The highest BCUT2D eigenvalue weighted by Gasteiger charge is 2.23. The van der Waals surface area contributed by atoms with Gasteiger partial charge < -0.3 is 9.73 Å². The minimum Gasteiger partial charge on any atom is -0.451 e. The summed E-state index contributed by atoms with van der Waals surface area (Å²) in [5.74, 6) is 0.486. The second-order valence-corrected chi connectivity index (χ2v) is 5.01. The van der Waals surface area contributed by atoms with Crippen LogP contribution in [0.4, 0.5) is 11.6 Å². The molecule has 4 heteroatoms. The number of nitrogens with zero attached hydrogens (tertiary/aromatic N) is 1. The molecule has 0 atom stereocenters. The zero-order chi connectivity index (χ0) is 16.2. The Hall–Kier alpha value is -3.32. The highest BCUT2D eigenvalue weighted by molar-refractivity contribution is 6.00. The third-order valence-electron chi connectivity index (χ3n) is 3.38. The zero-order valence-corrected chi connectivity index (χ0v) is 12.5. The summed E-state index contributed by atoms with van der Waals surface area (Å²) in [6.07, 6.45) is 0. The number of benzene rings is 2. The van der Waals surface area contributed by atoms with Crippen molar-refractivity contribution in [2.75, 3.05) is 5.32 Å². The van der Waals surface area contributed by atoms with Crippen molar-refractivity contribution in [3.63, 3.8) is 0 Å². The number of rotatable bonds is 3. The van der Waals surface area contributed by atoms with Crippen molar-refractivity contribution in [3.8, 4) is 22.5 Å². The van der Waals surface area contributed by atoms with E-state index in [2.05, 4.69) is 10.2 Å². The lowest BCUT2D eigenvalue weighted by Gasteiger charge is -2.03. The van der Waals surface area contributed by atoms with Crippen molar-refractivity contribution in [2.45, 2.75) is 6.92 Å². The number of amides is 1. The Kier molecular flexibility index (Phi) is 3.94. The molecule has 3 rings (SSSR count). The summed E-state index contributed by atoms with van der Waals surface area (Å²) in [6.45, 7) is 8.90. The second kappa shape index (κ2) is 6.20. The molecule has 0 bridgehead atoms. The molecule has 0 saturated carbocycles. The van der Waals surface area contributed by atoms with Gasteiger partial charge in [0.05, 0.1) is 6.57 Å². The maximum absolute atomic E-state index is 11.4. The van der Waals surface area contributed by atoms with Gasteiger partial charge >= 0.3 is 0 Å². The van der Waals surface area contributed by atoms with Gasteiger partial charge in [0.2, 0.25) is 11.8 Å². The Balaban J connectivity index is 2.28. The van der Waals surface area contributed by atoms with E-state index in [4.69, 9.17) is 11.0 Å². The molecule has 3 aromatic rings. The predicted octanol–water partition coefficient (Wildman–Crippen LogP) is 5.12. The van der Waals surface area contributed by atoms with Crippen LogP contribution < -0.4 is 5.32 Å². The first-order valence-corrected chi connectivity index (χ1v) is 7.13. The number of carbonyl (C=O) groups excluding carboxylic acids is 1. The van der Waals surface area contributed by atoms with E-state index in [1.54, 1.807) is 0 Å². The van der Waals surface area contributed by atoms with E-state index in [-0.39, 0.29) is 11.8 Å². The summed E-state index contributed by atoms with van der Waals surface area (Å²) in [6, 6.07) is 19.1. The lowest BCUT2D eigenvalue weighted by Crippen LogP contribution is -2.04. The van der Waals surface area contributed by atoms with Crippen LogP contribution in [0.2, 0.25) is 0 Å². The maximum Gasteiger partial charge on any atom is 0.257 e. The molecule has 0 aliphatic heterocycles. The van der Waals surface area contributed by atoms with Crippen LogP contribution in [0.15, 0.2) is 65.1 Å². The average Bonchev–Trinajstić information content (AvgIpc) is 2.94. The van der Waals surface area contributed by atoms with Crippen LogP contribution in [0.5, 0.6) is 0 Å². The molecule has 1 amide bonds.